The molecule has 2 aromatic carbocycles. The van der Waals surface area contributed by atoms with Gasteiger partial charge in [0.2, 0.25) is 0 Å². The summed E-state index contributed by atoms with van der Waals surface area (Å²) in [6.07, 6.45) is 0. The molecule has 4 nitrogen and oxygen atoms in total. The number of rotatable bonds is 6. The largest absolute Gasteiger partial charge is 0.468 e. The van der Waals surface area contributed by atoms with E-state index in [4.69, 9.17) is 4.74 Å². The topological polar surface area (TPSA) is 55.4 Å². The first-order valence-electron chi connectivity index (χ1n) is 7.82. The Bertz CT molecular complexity index is 766. The molecule has 0 bridgehead atoms. The van der Waals surface area contributed by atoms with E-state index in [9.17, 15) is 9.59 Å². The van der Waals surface area contributed by atoms with Gasteiger partial charge in [0, 0.05) is 9.37 Å². The van der Waals surface area contributed by atoms with Crippen LogP contribution in [0.15, 0.2) is 57.9 Å². The van der Waals surface area contributed by atoms with Crippen LogP contribution in [0.5, 0.6) is 0 Å². The van der Waals surface area contributed by atoms with Gasteiger partial charge in [0.25, 0.3) is 5.91 Å². The molecule has 1 amide bonds. The summed E-state index contributed by atoms with van der Waals surface area (Å²) >= 11 is 4.75. The van der Waals surface area contributed by atoms with Crippen LogP contribution in [0.25, 0.3) is 0 Å². The Morgan fingerprint density at radius 1 is 1.12 bits per heavy atom. The van der Waals surface area contributed by atoms with Gasteiger partial charge in [0.15, 0.2) is 0 Å². The van der Waals surface area contributed by atoms with Crippen LogP contribution in [-0.4, -0.2) is 24.2 Å². The summed E-state index contributed by atoms with van der Waals surface area (Å²) in [5.74, 6) is -0.490. The summed E-state index contributed by atoms with van der Waals surface area (Å²) in [5, 5.41) is 2.62. The van der Waals surface area contributed by atoms with E-state index in [1.807, 2.05) is 49.4 Å². The van der Waals surface area contributed by atoms with Crippen molar-refractivity contribution in [2.75, 3.05) is 7.11 Å². The van der Waals surface area contributed by atoms with Crippen LogP contribution in [0.3, 0.4) is 0 Å². The fourth-order valence-corrected chi connectivity index (χ4v) is 3.73. The second-order valence-corrected chi connectivity index (χ2v) is 7.83. The molecule has 0 spiro atoms. The number of ether oxygens (including phenoxy) is 1. The van der Waals surface area contributed by atoms with Crippen LogP contribution < -0.4 is 5.32 Å². The van der Waals surface area contributed by atoms with Crippen LogP contribution in [-0.2, 0) is 9.53 Å². The highest BCUT2D eigenvalue weighted by Gasteiger charge is 2.20. The molecule has 0 aliphatic rings. The minimum absolute atomic E-state index is 0.138. The van der Waals surface area contributed by atoms with Crippen molar-refractivity contribution < 1.29 is 14.3 Å². The smallest absolute Gasteiger partial charge is 0.318 e. The van der Waals surface area contributed by atoms with Gasteiger partial charge in [-0.05, 0) is 43.7 Å². The van der Waals surface area contributed by atoms with Gasteiger partial charge in [0.1, 0.15) is 5.25 Å². The normalized spacial score (nSPS) is 13.0. The van der Waals surface area contributed by atoms with E-state index < -0.39 is 0 Å². The first-order valence-corrected chi connectivity index (χ1v) is 9.49. The van der Waals surface area contributed by atoms with Crippen LogP contribution in [0.4, 0.5) is 0 Å². The molecule has 6 heteroatoms. The molecule has 0 heterocycles. The van der Waals surface area contributed by atoms with Crippen molar-refractivity contribution in [3.05, 3.63) is 64.1 Å². The van der Waals surface area contributed by atoms with E-state index >= 15 is 0 Å². The van der Waals surface area contributed by atoms with Gasteiger partial charge in [-0.25, -0.2) is 0 Å². The van der Waals surface area contributed by atoms with Crippen molar-refractivity contribution in [3.63, 3.8) is 0 Å². The van der Waals surface area contributed by atoms with Gasteiger partial charge in [0.05, 0.1) is 18.7 Å². The molecule has 0 aliphatic heterocycles. The van der Waals surface area contributed by atoms with E-state index in [1.54, 1.807) is 13.0 Å². The maximum Gasteiger partial charge on any atom is 0.318 e. The Labute approximate surface area is 160 Å². The van der Waals surface area contributed by atoms with E-state index in [2.05, 4.69) is 21.2 Å². The molecule has 0 saturated carbocycles. The number of amides is 1. The summed E-state index contributed by atoms with van der Waals surface area (Å²) in [5.41, 5.74) is 1.56. The van der Waals surface area contributed by atoms with Crippen molar-refractivity contribution in [2.45, 2.75) is 30.0 Å². The lowest BCUT2D eigenvalue weighted by Gasteiger charge is -2.17. The molecule has 0 aromatic heterocycles. The molecule has 2 atom stereocenters. The average Bonchev–Trinajstić information content (AvgIpc) is 2.61. The minimum atomic E-state index is -0.388. The van der Waals surface area contributed by atoms with Gasteiger partial charge in [-0.15, -0.1) is 11.8 Å². The first-order chi connectivity index (χ1) is 11.9. The molecule has 0 aliphatic carbocycles. The number of esters is 1. The Morgan fingerprint density at radius 2 is 1.84 bits per heavy atom. The Balaban J connectivity index is 2.15. The molecule has 25 heavy (non-hydrogen) atoms. The van der Waals surface area contributed by atoms with Gasteiger partial charge in [-0.1, -0.05) is 40.2 Å². The van der Waals surface area contributed by atoms with Crippen molar-refractivity contribution in [1.82, 2.24) is 5.32 Å². The maximum atomic E-state index is 12.7. The summed E-state index contributed by atoms with van der Waals surface area (Å²) in [7, 11) is 1.36. The van der Waals surface area contributed by atoms with Crippen LogP contribution in [0, 0.1) is 0 Å². The fraction of sp³-hybridized carbons (Fsp3) is 0.263. The number of carbonyl (C=O) groups is 2. The Kier molecular flexibility index (Phi) is 7.08. The quantitative estimate of drug-likeness (QED) is 0.547. The van der Waals surface area contributed by atoms with Crippen molar-refractivity contribution in [3.8, 4) is 0 Å². The van der Waals surface area contributed by atoms with Crippen LogP contribution in [0.1, 0.15) is 35.8 Å². The zero-order valence-corrected chi connectivity index (χ0v) is 16.7. The van der Waals surface area contributed by atoms with Gasteiger partial charge in [-0.3, -0.25) is 9.59 Å². The summed E-state index contributed by atoms with van der Waals surface area (Å²) in [6.45, 7) is 3.70. The maximum absolute atomic E-state index is 12.7. The predicted molar refractivity (Wildman–Crippen MR) is 104 cm³/mol. The SMILES string of the molecule is COC(=O)C(C)Sc1ccccc1C(=O)NC(C)c1cccc(Br)c1. The van der Waals surface area contributed by atoms with Gasteiger partial charge < -0.3 is 10.1 Å². The van der Waals surface area contributed by atoms with Crippen molar-refractivity contribution in [1.29, 1.82) is 0 Å². The van der Waals surface area contributed by atoms with Crippen molar-refractivity contribution >= 4 is 39.6 Å². The Hall–Kier alpha value is -1.79. The molecule has 132 valence electrons. The molecule has 0 fully saturated rings. The predicted octanol–water partition coefficient (Wildman–Crippen LogP) is 4.59. The monoisotopic (exact) mass is 421 g/mol. The third kappa shape index (κ3) is 5.34. The number of nitrogens with one attached hydrogen (secondary N) is 1. The minimum Gasteiger partial charge on any atom is -0.468 e. The molecular weight excluding hydrogens is 402 g/mol. The lowest BCUT2D eigenvalue weighted by molar-refractivity contribution is -0.139. The number of hydrogen-bond donors (Lipinski definition) is 1. The third-order valence-electron chi connectivity index (χ3n) is 3.66. The summed E-state index contributed by atoms with van der Waals surface area (Å²) in [6, 6.07) is 14.9. The van der Waals surface area contributed by atoms with E-state index in [0.29, 0.717) is 5.56 Å². The van der Waals surface area contributed by atoms with E-state index in [1.165, 1.54) is 18.9 Å². The molecule has 1 N–H and O–H groups in total. The van der Waals surface area contributed by atoms with E-state index in [0.717, 1.165) is 14.9 Å². The lowest BCUT2D eigenvalue weighted by atomic mass is 10.1. The second kappa shape index (κ2) is 9.06. The molecule has 0 radical (unpaired) electrons. The molecule has 2 rings (SSSR count). The van der Waals surface area contributed by atoms with Gasteiger partial charge >= 0.3 is 5.97 Å². The highest BCUT2D eigenvalue weighted by molar-refractivity contribution is 9.10. The number of methoxy groups -OCH3 is 1. The number of benzene rings is 2. The zero-order chi connectivity index (χ0) is 18.4. The molecule has 0 saturated heterocycles. The first kappa shape index (κ1) is 19.5. The zero-order valence-electron chi connectivity index (χ0n) is 14.3. The Morgan fingerprint density at radius 3 is 2.52 bits per heavy atom. The van der Waals surface area contributed by atoms with Crippen LogP contribution >= 0.6 is 27.7 Å². The number of halogens is 1. The number of hydrogen-bond acceptors (Lipinski definition) is 4. The summed E-state index contributed by atoms with van der Waals surface area (Å²) < 4.78 is 5.72. The number of carbonyl (C=O) groups excluding carboxylic acids is 2. The van der Waals surface area contributed by atoms with Crippen LogP contribution in [0.2, 0.25) is 0 Å². The summed E-state index contributed by atoms with van der Waals surface area (Å²) in [4.78, 5) is 25.1. The van der Waals surface area contributed by atoms with E-state index in [-0.39, 0.29) is 23.2 Å². The fourth-order valence-electron chi connectivity index (χ4n) is 2.30. The third-order valence-corrected chi connectivity index (χ3v) is 5.31. The number of thioether (sulfide) groups is 1. The lowest BCUT2D eigenvalue weighted by Crippen LogP contribution is -2.27. The average molecular weight is 422 g/mol. The molecular formula is C19H20BrNO3S. The standard InChI is InChI=1S/C19H20BrNO3S/c1-12(14-7-6-8-15(20)11-14)21-18(22)16-9-4-5-10-17(16)25-13(2)19(23)24-3/h4-13H,1-3H3,(H,21,22). The van der Waals surface area contributed by atoms with Gasteiger partial charge in [-0.2, -0.15) is 0 Å². The molecule has 2 aromatic rings. The highest BCUT2D eigenvalue weighted by Crippen LogP contribution is 2.28. The van der Waals surface area contributed by atoms with Crippen molar-refractivity contribution in [2.24, 2.45) is 0 Å². The molecule has 2 unspecified atom stereocenters. The highest BCUT2D eigenvalue weighted by atomic mass is 79.9. The second-order valence-electron chi connectivity index (χ2n) is 5.53.